The Morgan fingerprint density at radius 3 is 2.49 bits per heavy atom. The Hall–Kier alpha value is -3.95. The third-order valence-electron chi connectivity index (χ3n) is 6.24. The van der Waals surface area contributed by atoms with E-state index in [0.717, 1.165) is 31.0 Å². The number of carbonyl (C=O) groups is 3. The fraction of sp³-hybridized carbons (Fsp3) is 0.444. The van der Waals surface area contributed by atoms with Gasteiger partial charge in [0.1, 0.15) is 15.3 Å². The molecule has 0 radical (unpaired) electrons. The minimum atomic E-state index is -1.41. The average Bonchev–Trinajstić information content (AvgIpc) is 3.50. The molecule has 1 aromatic heterocycles. The number of thiazole rings is 1. The molecule has 1 aliphatic rings. The number of aromatic nitrogens is 1. The van der Waals surface area contributed by atoms with E-state index in [0.29, 0.717) is 23.5 Å². The number of aliphatic carboxylic acids is 1. The van der Waals surface area contributed by atoms with Gasteiger partial charge in [-0.15, -0.1) is 11.3 Å². The lowest BCUT2D eigenvalue weighted by atomic mass is 9.95. The molecule has 4 N–H and O–H groups in total. The molecule has 0 bridgehead atoms. The number of carboxylic acids is 1. The van der Waals surface area contributed by atoms with Crippen molar-refractivity contribution in [3.8, 4) is 6.07 Å². The van der Waals surface area contributed by atoms with Gasteiger partial charge in [-0.1, -0.05) is 20.8 Å². The van der Waals surface area contributed by atoms with Gasteiger partial charge in [0.25, 0.3) is 11.5 Å². The molecule has 11 nitrogen and oxygen atoms in total. The van der Waals surface area contributed by atoms with Crippen LogP contribution in [0.15, 0.2) is 23.0 Å². The molecule has 1 aromatic carbocycles. The predicted octanol–water partition coefficient (Wildman–Crippen LogP) is 1.35. The summed E-state index contributed by atoms with van der Waals surface area (Å²) >= 11 is 0.891. The maximum absolute atomic E-state index is 13.0. The molecule has 3 rings (SSSR count). The largest absolute Gasteiger partial charge is 0.477 e. The summed E-state index contributed by atoms with van der Waals surface area (Å²) in [6.07, 6.45) is 3.75. The summed E-state index contributed by atoms with van der Waals surface area (Å²) in [6, 6.07) is 6.49. The molecule has 0 aliphatic carbocycles. The Morgan fingerprint density at radius 1 is 1.21 bits per heavy atom. The van der Waals surface area contributed by atoms with Crippen molar-refractivity contribution in [1.29, 1.82) is 5.26 Å². The Kier molecular flexibility index (Phi) is 9.66. The first kappa shape index (κ1) is 29.6. The lowest BCUT2D eigenvalue weighted by molar-refractivity contribution is -0.130. The molecule has 2 heterocycles. The zero-order chi connectivity index (χ0) is 28.7. The molecule has 1 fully saturated rings. The van der Waals surface area contributed by atoms with Crippen molar-refractivity contribution in [1.82, 2.24) is 14.8 Å². The molecule has 2 amide bonds. The molecule has 2 aromatic rings. The van der Waals surface area contributed by atoms with Crippen molar-refractivity contribution in [3.63, 3.8) is 0 Å². The predicted molar refractivity (Wildman–Crippen MR) is 151 cm³/mol. The molecule has 1 saturated heterocycles. The third-order valence-corrected chi connectivity index (χ3v) is 7.37. The number of nitrogens with one attached hydrogen (secondary N) is 3. The first-order chi connectivity index (χ1) is 18.5. The maximum atomic E-state index is 13.0. The molecule has 12 heteroatoms. The Balaban J connectivity index is 1.92. The van der Waals surface area contributed by atoms with Gasteiger partial charge in [0.05, 0.1) is 11.3 Å². The molecule has 208 valence electrons. The van der Waals surface area contributed by atoms with E-state index < -0.39 is 22.5 Å². The monoisotopic (exact) mass is 554 g/mol. The van der Waals surface area contributed by atoms with Crippen LogP contribution in [0.25, 0.3) is 11.8 Å². The van der Waals surface area contributed by atoms with Crippen molar-refractivity contribution < 1.29 is 19.5 Å². The van der Waals surface area contributed by atoms with Gasteiger partial charge in [-0.05, 0) is 51.1 Å². The first-order valence-corrected chi connectivity index (χ1v) is 13.6. The molecule has 39 heavy (non-hydrogen) atoms. The van der Waals surface area contributed by atoms with Gasteiger partial charge in [0, 0.05) is 36.9 Å². The second-order valence-corrected chi connectivity index (χ2v) is 11.2. The van der Waals surface area contributed by atoms with E-state index in [4.69, 9.17) is 0 Å². The van der Waals surface area contributed by atoms with Crippen LogP contribution in [0, 0.1) is 16.7 Å². The van der Waals surface area contributed by atoms with Gasteiger partial charge >= 0.3 is 5.97 Å². The van der Waals surface area contributed by atoms with Crippen molar-refractivity contribution >= 4 is 52.3 Å². The van der Waals surface area contributed by atoms with Gasteiger partial charge in [-0.2, -0.15) is 5.26 Å². The summed E-state index contributed by atoms with van der Waals surface area (Å²) < 4.78 is 1.49. The number of benzene rings is 1. The quantitative estimate of drug-likeness (QED) is 0.362. The maximum Gasteiger partial charge on any atom is 0.349 e. The van der Waals surface area contributed by atoms with Crippen LogP contribution in [-0.4, -0.2) is 58.5 Å². The van der Waals surface area contributed by atoms with E-state index in [1.165, 1.54) is 23.6 Å². The van der Waals surface area contributed by atoms with E-state index >= 15 is 0 Å². The van der Waals surface area contributed by atoms with Crippen LogP contribution >= 0.6 is 11.3 Å². The molecular weight excluding hydrogens is 520 g/mol. The minimum absolute atomic E-state index is 0.0598. The fourth-order valence-corrected chi connectivity index (χ4v) is 5.08. The van der Waals surface area contributed by atoms with E-state index in [1.54, 1.807) is 52.0 Å². The van der Waals surface area contributed by atoms with Gasteiger partial charge in [0.2, 0.25) is 5.91 Å². The summed E-state index contributed by atoms with van der Waals surface area (Å²) in [6.45, 7) is 10.5. The SMILES string of the molecule is CCn1c(=O)/c(=C\Nc2ccc(C(=O)NCCN3CCCC3)c(NC(=O)C(C)(C)C)c2)s/c1=C(/C#N)C(=O)O. The number of likely N-dealkylation sites (tertiary alicyclic amines) is 1. The highest BCUT2D eigenvalue weighted by molar-refractivity contribution is 7.07. The van der Waals surface area contributed by atoms with Crippen LogP contribution in [0.3, 0.4) is 0 Å². The zero-order valence-electron chi connectivity index (χ0n) is 22.6. The first-order valence-electron chi connectivity index (χ1n) is 12.8. The Bertz CT molecular complexity index is 1470. The third kappa shape index (κ3) is 7.34. The average molecular weight is 555 g/mol. The van der Waals surface area contributed by atoms with E-state index in [9.17, 15) is 29.5 Å². The van der Waals surface area contributed by atoms with Gasteiger partial charge in [-0.3, -0.25) is 19.0 Å². The van der Waals surface area contributed by atoms with Crippen LogP contribution in [0.2, 0.25) is 0 Å². The summed E-state index contributed by atoms with van der Waals surface area (Å²) in [7, 11) is 0. The number of hydrogen-bond donors (Lipinski definition) is 4. The Morgan fingerprint density at radius 2 is 1.90 bits per heavy atom. The molecule has 1 aliphatic heterocycles. The molecule has 0 saturated carbocycles. The number of hydrogen-bond acceptors (Lipinski definition) is 8. The lowest BCUT2D eigenvalue weighted by Gasteiger charge is -2.20. The van der Waals surface area contributed by atoms with Crippen LogP contribution < -0.4 is 30.7 Å². The summed E-state index contributed by atoms with van der Waals surface area (Å²) in [5.74, 6) is -1.98. The number of carboxylic acid groups (broad SMARTS) is 1. The second-order valence-electron chi connectivity index (χ2n) is 10.2. The standard InChI is InChI=1S/C27H34N6O5S/c1-5-33-23(35)21(39-24(33)19(15-28)25(36)37)16-30-17-8-9-18(20(14-17)31-26(38)27(2,3)4)22(34)29-10-13-32-11-6-7-12-32/h8-9,14,16,30H,5-7,10-13H2,1-4H3,(H,29,34)(H,31,38)(H,36,37)/b21-16+,24-19-. The number of amides is 2. The van der Waals surface area contributed by atoms with Gasteiger partial charge in [0.15, 0.2) is 5.57 Å². The fourth-order valence-electron chi connectivity index (χ4n) is 4.00. The minimum Gasteiger partial charge on any atom is -0.477 e. The number of nitrogens with zero attached hydrogens (tertiary/aromatic N) is 3. The van der Waals surface area contributed by atoms with Crippen molar-refractivity contribution in [2.24, 2.45) is 5.41 Å². The number of rotatable bonds is 9. The van der Waals surface area contributed by atoms with Gasteiger partial charge in [-0.25, -0.2) is 4.79 Å². The van der Waals surface area contributed by atoms with E-state index in [1.807, 2.05) is 0 Å². The summed E-state index contributed by atoms with van der Waals surface area (Å²) in [5.41, 5.74) is -0.526. The molecular formula is C27H34N6O5S. The van der Waals surface area contributed by atoms with Gasteiger partial charge < -0.3 is 26.0 Å². The normalized spacial score (nSPS) is 15.0. The summed E-state index contributed by atoms with van der Waals surface area (Å²) in [5, 5.41) is 27.3. The number of carbonyl (C=O) groups excluding carboxylic acids is 2. The second kappa shape index (κ2) is 12.7. The van der Waals surface area contributed by atoms with Crippen molar-refractivity contribution in [3.05, 3.63) is 43.3 Å². The van der Waals surface area contributed by atoms with Crippen LogP contribution in [-0.2, 0) is 16.1 Å². The highest BCUT2D eigenvalue weighted by Crippen LogP contribution is 2.24. The molecule has 0 spiro atoms. The van der Waals surface area contributed by atoms with Crippen molar-refractivity contribution in [2.75, 3.05) is 36.8 Å². The van der Waals surface area contributed by atoms with Crippen LogP contribution in [0.1, 0.15) is 50.9 Å². The van der Waals surface area contributed by atoms with Crippen LogP contribution in [0.4, 0.5) is 11.4 Å². The summed E-state index contributed by atoms with van der Waals surface area (Å²) in [4.78, 5) is 52.3. The number of nitriles is 1. The van der Waals surface area contributed by atoms with E-state index in [-0.39, 0.29) is 27.6 Å². The molecule has 0 unspecified atom stereocenters. The highest BCUT2D eigenvalue weighted by atomic mass is 32.1. The lowest BCUT2D eigenvalue weighted by Crippen LogP contribution is -2.34. The van der Waals surface area contributed by atoms with Crippen molar-refractivity contribution in [2.45, 2.75) is 47.1 Å². The van der Waals surface area contributed by atoms with Crippen LogP contribution in [0.5, 0.6) is 0 Å². The van der Waals surface area contributed by atoms with E-state index in [2.05, 4.69) is 20.9 Å². The Labute approximate surface area is 230 Å². The smallest absolute Gasteiger partial charge is 0.349 e. The topological polar surface area (TPSA) is 157 Å². The zero-order valence-corrected chi connectivity index (χ0v) is 23.4. The highest BCUT2D eigenvalue weighted by Gasteiger charge is 2.24. The number of anilines is 2. The molecule has 0 atom stereocenters.